The third-order valence-corrected chi connectivity index (χ3v) is 4.59. The summed E-state index contributed by atoms with van der Waals surface area (Å²) in [6, 6.07) is 12.6. The minimum atomic E-state index is 0.0942. The molecule has 0 amide bonds. The minimum absolute atomic E-state index is 0.0942. The maximum atomic E-state index is 6.29. The van der Waals surface area contributed by atoms with E-state index in [1.165, 1.54) is 16.7 Å². The van der Waals surface area contributed by atoms with E-state index in [-0.39, 0.29) is 6.04 Å². The summed E-state index contributed by atoms with van der Waals surface area (Å²) < 4.78 is 5.96. The van der Waals surface area contributed by atoms with Gasteiger partial charge in [-0.2, -0.15) is 0 Å². The molecule has 0 bridgehead atoms. The SMILES string of the molecule is CNC(c1cccc(Cl)c1C)c1cccc2c1OCCC2. The molecule has 0 saturated heterocycles. The second kappa shape index (κ2) is 6.08. The number of hydrogen-bond acceptors (Lipinski definition) is 2. The summed E-state index contributed by atoms with van der Waals surface area (Å²) in [5, 5.41) is 4.22. The fourth-order valence-electron chi connectivity index (χ4n) is 3.06. The van der Waals surface area contributed by atoms with Gasteiger partial charge in [-0.15, -0.1) is 0 Å². The van der Waals surface area contributed by atoms with Crippen LogP contribution in [-0.4, -0.2) is 13.7 Å². The summed E-state index contributed by atoms with van der Waals surface area (Å²) in [6.45, 7) is 2.87. The van der Waals surface area contributed by atoms with Gasteiger partial charge in [0.15, 0.2) is 0 Å². The topological polar surface area (TPSA) is 21.3 Å². The highest BCUT2D eigenvalue weighted by Gasteiger charge is 2.22. The van der Waals surface area contributed by atoms with Gasteiger partial charge in [0.05, 0.1) is 12.6 Å². The van der Waals surface area contributed by atoms with E-state index in [2.05, 4.69) is 36.5 Å². The van der Waals surface area contributed by atoms with Gasteiger partial charge in [0.1, 0.15) is 5.75 Å². The van der Waals surface area contributed by atoms with Crippen LogP contribution in [0.4, 0.5) is 0 Å². The number of fused-ring (bicyclic) bond motifs is 1. The zero-order valence-corrected chi connectivity index (χ0v) is 13.2. The van der Waals surface area contributed by atoms with E-state index in [1.54, 1.807) is 0 Å². The van der Waals surface area contributed by atoms with Crippen molar-refractivity contribution in [3.05, 3.63) is 63.7 Å². The van der Waals surface area contributed by atoms with Crippen molar-refractivity contribution in [2.24, 2.45) is 0 Å². The van der Waals surface area contributed by atoms with Crippen LogP contribution in [0.15, 0.2) is 36.4 Å². The van der Waals surface area contributed by atoms with Crippen LogP contribution in [0.5, 0.6) is 5.75 Å². The Bertz CT molecular complexity index is 654. The molecule has 0 aliphatic carbocycles. The zero-order chi connectivity index (χ0) is 14.8. The van der Waals surface area contributed by atoms with Crippen molar-refractivity contribution in [1.82, 2.24) is 5.32 Å². The smallest absolute Gasteiger partial charge is 0.127 e. The molecule has 0 saturated carbocycles. The first-order chi connectivity index (χ1) is 10.2. The Balaban J connectivity index is 2.11. The molecule has 2 aromatic rings. The maximum absolute atomic E-state index is 6.29. The van der Waals surface area contributed by atoms with Crippen molar-refractivity contribution >= 4 is 11.6 Å². The molecule has 110 valence electrons. The molecule has 1 atom stereocenters. The highest BCUT2D eigenvalue weighted by molar-refractivity contribution is 6.31. The highest BCUT2D eigenvalue weighted by Crippen LogP contribution is 2.37. The van der Waals surface area contributed by atoms with Gasteiger partial charge in [0.25, 0.3) is 0 Å². The molecule has 0 radical (unpaired) electrons. The van der Waals surface area contributed by atoms with Crippen molar-refractivity contribution in [2.75, 3.05) is 13.7 Å². The Morgan fingerprint density at radius 3 is 2.71 bits per heavy atom. The van der Waals surface area contributed by atoms with E-state index in [1.807, 2.05) is 19.2 Å². The molecule has 3 heteroatoms. The molecule has 0 spiro atoms. The van der Waals surface area contributed by atoms with Crippen molar-refractivity contribution < 1.29 is 4.74 Å². The second-order valence-electron chi connectivity index (χ2n) is 5.46. The van der Waals surface area contributed by atoms with Gasteiger partial charge in [-0.05, 0) is 49.6 Å². The van der Waals surface area contributed by atoms with Crippen molar-refractivity contribution in [3.8, 4) is 5.75 Å². The van der Waals surface area contributed by atoms with Gasteiger partial charge in [0.2, 0.25) is 0 Å². The van der Waals surface area contributed by atoms with Gasteiger partial charge in [0, 0.05) is 10.6 Å². The Hall–Kier alpha value is -1.51. The lowest BCUT2D eigenvalue weighted by Gasteiger charge is -2.26. The van der Waals surface area contributed by atoms with Gasteiger partial charge in [-0.25, -0.2) is 0 Å². The quantitative estimate of drug-likeness (QED) is 0.913. The molecule has 1 aliphatic rings. The molecule has 3 rings (SSSR count). The molecule has 2 nitrogen and oxygen atoms in total. The van der Waals surface area contributed by atoms with Gasteiger partial charge >= 0.3 is 0 Å². The number of benzene rings is 2. The van der Waals surface area contributed by atoms with Crippen molar-refractivity contribution in [3.63, 3.8) is 0 Å². The van der Waals surface area contributed by atoms with Gasteiger partial charge in [-0.1, -0.05) is 41.9 Å². The predicted molar refractivity (Wildman–Crippen MR) is 87.3 cm³/mol. The van der Waals surface area contributed by atoms with Crippen LogP contribution in [0.1, 0.15) is 34.7 Å². The normalized spacial score (nSPS) is 15.2. The summed E-state index contributed by atoms with van der Waals surface area (Å²) in [4.78, 5) is 0. The van der Waals surface area contributed by atoms with Crippen molar-refractivity contribution in [2.45, 2.75) is 25.8 Å². The van der Waals surface area contributed by atoms with Crippen LogP contribution in [0.3, 0.4) is 0 Å². The fraction of sp³-hybridized carbons (Fsp3) is 0.333. The molecule has 0 fully saturated rings. The molecule has 0 aromatic heterocycles. The van der Waals surface area contributed by atoms with Crippen LogP contribution in [0.2, 0.25) is 5.02 Å². The Morgan fingerprint density at radius 2 is 1.90 bits per heavy atom. The minimum Gasteiger partial charge on any atom is -0.493 e. The lowest BCUT2D eigenvalue weighted by atomic mass is 9.91. The van der Waals surface area contributed by atoms with Crippen LogP contribution in [0.25, 0.3) is 0 Å². The number of hydrogen-bond donors (Lipinski definition) is 1. The standard InChI is InChI=1S/C18H20ClNO/c1-12-14(8-4-10-16(12)19)17(20-2)15-9-3-6-13-7-5-11-21-18(13)15/h3-4,6,8-10,17,20H,5,7,11H2,1-2H3. The van der Waals surface area contributed by atoms with E-state index in [4.69, 9.17) is 16.3 Å². The summed E-state index contributed by atoms with van der Waals surface area (Å²) in [6.07, 6.45) is 2.19. The van der Waals surface area contributed by atoms with E-state index in [0.717, 1.165) is 35.8 Å². The average Bonchev–Trinajstić information content (AvgIpc) is 2.52. The number of rotatable bonds is 3. The molecule has 1 unspecified atom stereocenters. The van der Waals surface area contributed by atoms with Gasteiger partial charge in [-0.3, -0.25) is 0 Å². The van der Waals surface area contributed by atoms with Crippen molar-refractivity contribution in [1.29, 1.82) is 0 Å². The molecular formula is C18H20ClNO. The largest absolute Gasteiger partial charge is 0.493 e. The van der Waals surface area contributed by atoms with Crippen LogP contribution in [-0.2, 0) is 6.42 Å². The summed E-state index contributed by atoms with van der Waals surface area (Å²) in [5.74, 6) is 1.04. The number of para-hydroxylation sites is 1. The first-order valence-corrected chi connectivity index (χ1v) is 7.77. The summed E-state index contributed by atoms with van der Waals surface area (Å²) in [7, 11) is 1.98. The van der Waals surface area contributed by atoms with E-state index in [9.17, 15) is 0 Å². The molecular weight excluding hydrogens is 282 g/mol. The van der Waals surface area contributed by atoms with Gasteiger partial charge < -0.3 is 10.1 Å². The predicted octanol–water partition coefficient (Wildman–Crippen LogP) is 4.28. The third kappa shape index (κ3) is 2.66. The lowest BCUT2D eigenvalue weighted by molar-refractivity contribution is 0.283. The molecule has 1 N–H and O–H groups in total. The molecule has 21 heavy (non-hydrogen) atoms. The molecule has 2 aromatic carbocycles. The second-order valence-corrected chi connectivity index (χ2v) is 5.87. The molecule has 1 aliphatic heterocycles. The maximum Gasteiger partial charge on any atom is 0.127 e. The number of nitrogens with one attached hydrogen (secondary N) is 1. The van der Waals surface area contributed by atoms with Crippen LogP contribution in [0, 0.1) is 6.92 Å². The molecule has 1 heterocycles. The number of halogens is 1. The van der Waals surface area contributed by atoms with E-state index >= 15 is 0 Å². The van der Waals surface area contributed by atoms with E-state index in [0.29, 0.717) is 0 Å². The Kier molecular flexibility index (Phi) is 4.18. The van der Waals surface area contributed by atoms with E-state index < -0.39 is 0 Å². The summed E-state index contributed by atoms with van der Waals surface area (Å²) in [5.41, 5.74) is 4.82. The Labute approximate surface area is 131 Å². The fourth-order valence-corrected chi connectivity index (χ4v) is 3.24. The Morgan fingerprint density at radius 1 is 1.14 bits per heavy atom. The van der Waals surface area contributed by atoms with Crippen LogP contribution < -0.4 is 10.1 Å². The first-order valence-electron chi connectivity index (χ1n) is 7.39. The number of aryl methyl sites for hydroxylation is 1. The van der Waals surface area contributed by atoms with Crippen LogP contribution >= 0.6 is 11.6 Å². The number of ether oxygens (including phenoxy) is 1. The highest BCUT2D eigenvalue weighted by atomic mass is 35.5. The monoisotopic (exact) mass is 301 g/mol. The summed E-state index contributed by atoms with van der Waals surface area (Å²) >= 11 is 6.29. The first kappa shape index (κ1) is 14.4. The zero-order valence-electron chi connectivity index (χ0n) is 12.4. The lowest BCUT2D eigenvalue weighted by Crippen LogP contribution is -2.21. The average molecular weight is 302 g/mol. The third-order valence-electron chi connectivity index (χ3n) is 4.18.